The Hall–Kier alpha value is -1.56. The van der Waals surface area contributed by atoms with Gasteiger partial charge < -0.3 is 11.1 Å². The topological polar surface area (TPSA) is 67.5 Å². The lowest BCUT2D eigenvalue weighted by molar-refractivity contribution is -0.116. The molecule has 1 aromatic carbocycles. The van der Waals surface area contributed by atoms with Gasteiger partial charge in [-0.2, -0.15) is 0 Å². The van der Waals surface area contributed by atoms with Crippen molar-refractivity contribution in [2.45, 2.75) is 39.2 Å². The molecule has 0 saturated carbocycles. The molecule has 2 rings (SSSR count). The Labute approximate surface area is 134 Å². The van der Waals surface area contributed by atoms with E-state index in [1.807, 2.05) is 20.8 Å². The number of amidine groups is 1. The number of halogens is 1. The number of carbonyl (C=O) groups is 1. The minimum Gasteiger partial charge on any atom is -0.379 e. The summed E-state index contributed by atoms with van der Waals surface area (Å²) in [5, 5.41) is 3.20. The molecule has 0 aromatic heterocycles. The zero-order valence-corrected chi connectivity index (χ0v) is 14.0. The Morgan fingerprint density at radius 1 is 1.55 bits per heavy atom. The van der Waals surface area contributed by atoms with Crippen LogP contribution in [0.25, 0.3) is 0 Å². The normalized spacial score (nSPS) is 21.6. The number of nitrogens with two attached hydrogens (primary N) is 1. The van der Waals surface area contributed by atoms with Gasteiger partial charge in [-0.1, -0.05) is 31.7 Å². The number of carbonyl (C=O) groups excluding carboxylic acids is 1. The molecule has 0 spiro atoms. The van der Waals surface area contributed by atoms with Crippen LogP contribution in [-0.4, -0.2) is 16.8 Å². The van der Waals surface area contributed by atoms with Crippen LogP contribution in [0, 0.1) is 11.7 Å². The fraction of sp³-hybridized carbons (Fsp3) is 0.500. The van der Waals surface area contributed by atoms with E-state index in [0.29, 0.717) is 11.6 Å². The van der Waals surface area contributed by atoms with E-state index in [1.54, 1.807) is 12.1 Å². The first-order valence-corrected chi connectivity index (χ1v) is 8.37. The first-order chi connectivity index (χ1) is 10.3. The van der Waals surface area contributed by atoms with Gasteiger partial charge in [0, 0.05) is 12.2 Å². The standard InChI is InChI=1S/C16H22FN3OS/c1-10(2)8-14(21)19-13-9-11(4-5-12(13)17)16(3)6-7-22-15(18)20-16/h4-5,9-10H,6-8H2,1-3H3,(H2,18,20)(H,19,21). The van der Waals surface area contributed by atoms with E-state index in [0.717, 1.165) is 17.7 Å². The van der Waals surface area contributed by atoms with Crippen LogP contribution in [0.4, 0.5) is 10.1 Å². The number of benzene rings is 1. The Bertz CT molecular complexity index is 603. The van der Waals surface area contributed by atoms with Gasteiger partial charge in [0.15, 0.2) is 5.17 Å². The Morgan fingerprint density at radius 3 is 2.91 bits per heavy atom. The highest BCUT2D eigenvalue weighted by molar-refractivity contribution is 8.13. The summed E-state index contributed by atoms with van der Waals surface area (Å²) in [6.07, 6.45) is 1.19. The van der Waals surface area contributed by atoms with Gasteiger partial charge in [0.1, 0.15) is 5.82 Å². The molecule has 3 N–H and O–H groups in total. The van der Waals surface area contributed by atoms with Gasteiger partial charge in [-0.3, -0.25) is 9.79 Å². The summed E-state index contributed by atoms with van der Waals surface area (Å²) in [6.45, 7) is 5.88. The summed E-state index contributed by atoms with van der Waals surface area (Å²) in [6, 6.07) is 4.75. The number of thioether (sulfide) groups is 1. The maximum atomic E-state index is 14.0. The number of hydrogen-bond donors (Lipinski definition) is 2. The van der Waals surface area contributed by atoms with E-state index in [9.17, 15) is 9.18 Å². The molecule has 0 bridgehead atoms. The predicted octanol–water partition coefficient (Wildman–Crippen LogP) is 3.48. The third-order valence-electron chi connectivity index (χ3n) is 3.65. The van der Waals surface area contributed by atoms with E-state index in [-0.39, 0.29) is 17.5 Å². The molecule has 120 valence electrons. The summed E-state index contributed by atoms with van der Waals surface area (Å²) in [4.78, 5) is 16.4. The molecule has 1 atom stereocenters. The fourth-order valence-corrected chi connectivity index (χ4v) is 3.40. The van der Waals surface area contributed by atoms with Crippen LogP contribution in [0.2, 0.25) is 0 Å². The second-order valence-electron chi connectivity index (χ2n) is 6.16. The molecule has 4 nitrogen and oxygen atoms in total. The molecule has 0 radical (unpaired) electrons. The zero-order chi connectivity index (χ0) is 16.3. The molecule has 1 unspecified atom stereocenters. The Balaban J connectivity index is 2.27. The molecule has 0 aliphatic carbocycles. The Morgan fingerprint density at radius 2 is 2.27 bits per heavy atom. The van der Waals surface area contributed by atoms with Crippen molar-refractivity contribution < 1.29 is 9.18 Å². The third kappa shape index (κ3) is 4.00. The molecule has 1 aliphatic heterocycles. The quantitative estimate of drug-likeness (QED) is 0.891. The van der Waals surface area contributed by atoms with Crippen LogP contribution in [0.15, 0.2) is 23.2 Å². The first kappa shape index (κ1) is 16.8. The minimum absolute atomic E-state index is 0.182. The number of hydrogen-bond acceptors (Lipinski definition) is 4. The monoisotopic (exact) mass is 323 g/mol. The molecule has 0 saturated heterocycles. The van der Waals surface area contributed by atoms with Crippen LogP contribution in [0.5, 0.6) is 0 Å². The molecule has 1 aromatic rings. The summed E-state index contributed by atoms with van der Waals surface area (Å²) in [5.74, 6) is 0.478. The van der Waals surface area contributed by atoms with Crippen LogP contribution in [0.3, 0.4) is 0 Å². The van der Waals surface area contributed by atoms with E-state index < -0.39 is 11.4 Å². The van der Waals surface area contributed by atoms with Gasteiger partial charge >= 0.3 is 0 Å². The summed E-state index contributed by atoms with van der Waals surface area (Å²) >= 11 is 1.52. The number of nitrogens with one attached hydrogen (secondary N) is 1. The molecular weight excluding hydrogens is 301 g/mol. The highest BCUT2D eigenvalue weighted by Crippen LogP contribution is 2.36. The van der Waals surface area contributed by atoms with Crippen molar-refractivity contribution in [3.8, 4) is 0 Å². The molecule has 6 heteroatoms. The van der Waals surface area contributed by atoms with Crippen LogP contribution >= 0.6 is 11.8 Å². The highest BCUT2D eigenvalue weighted by Gasteiger charge is 2.30. The van der Waals surface area contributed by atoms with Crippen LogP contribution in [-0.2, 0) is 10.3 Å². The maximum absolute atomic E-state index is 14.0. The van der Waals surface area contributed by atoms with E-state index in [4.69, 9.17) is 5.73 Å². The molecule has 1 heterocycles. The molecule has 1 amide bonds. The number of aliphatic imine (C=N–C) groups is 1. The molecule has 22 heavy (non-hydrogen) atoms. The van der Waals surface area contributed by atoms with Crippen molar-refractivity contribution in [3.63, 3.8) is 0 Å². The largest absolute Gasteiger partial charge is 0.379 e. The summed E-state index contributed by atoms with van der Waals surface area (Å²) in [5.41, 5.74) is 6.41. The van der Waals surface area contributed by atoms with E-state index in [2.05, 4.69) is 10.3 Å². The van der Waals surface area contributed by atoms with E-state index in [1.165, 1.54) is 17.8 Å². The smallest absolute Gasteiger partial charge is 0.224 e. The molecular formula is C16H22FN3OS. The van der Waals surface area contributed by atoms with Crippen molar-refractivity contribution in [2.75, 3.05) is 11.1 Å². The summed E-state index contributed by atoms with van der Waals surface area (Å²) < 4.78 is 14.0. The van der Waals surface area contributed by atoms with Gasteiger partial charge in [0.25, 0.3) is 0 Å². The number of rotatable bonds is 4. The third-order valence-corrected chi connectivity index (χ3v) is 4.45. The lowest BCUT2D eigenvalue weighted by Crippen LogP contribution is -2.29. The Kier molecular flexibility index (Phi) is 5.11. The fourth-order valence-electron chi connectivity index (χ4n) is 2.42. The van der Waals surface area contributed by atoms with E-state index >= 15 is 0 Å². The highest BCUT2D eigenvalue weighted by atomic mass is 32.2. The maximum Gasteiger partial charge on any atom is 0.224 e. The number of amides is 1. The van der Waals surface area contributed by atoms with Crippen molar-refractivity contribution in [1.82, 2.24) is 0 Å². The van der Waals surface area contributed by atoms with Crippen molar-refractivity contribution >= 4 is 28.5 Å². The zero-order valence-electron chi connectivity index (χ0n) is 13.1. The lowest BCUT2D eigenvalue weighted by Gasteiger charge is -2.30. The average Bonchev–Trinajstić information content (AvgIpc) is 2.40. The first-order valence-electron chi connectivity index (χ1n) is 7.38. The van der Waals surface area contributed by atoms with Crippen molar-refractivity contribution in [1.29, 1.82) is 0 Å². The lowest BCUT2D eigenvalue weighted by atomic mass is 9.89. The second-order valence-corrected chi connectivity index (χ2v) is 7.28. The second kappa shape index (κ2) is 6.69. The van der Waals surface area contributed by atoms with Gasteiger partial charge in [-0.15, -0.1) is 0 Å². The van der Waals surface area contributed by atoms with Gasteiger partial charge in [-0.25, -0.2) is 4.39 Å². The van der Waals surface area contributed by atoms with Gasteiger partial charge in [-0.05, 0) is 37.0 Å². The minimum atomic E-state index is -0.472. The molecule has 1 aliphatic rings. The predicted molar refractivity (Wildman–Crippen MR) is 90.5 cm³/mol. The summed E-state index contributed by atoms with van der Waals surface area (Å²) in [7, 11) is 0. The number of nitrogens with zero attached hydrogens (tertiary/aromatic N) is 1. The van der Waals surface area contributed by atoms with Gasteiger partial charge in [0.2, 0.25) is 5.91 Å². The van der Waals surface area contributed by atoms with Crippen LogP contribution in [0.1, 0.15) is 39.2 Å². The van der Waals surface area contributed by atoms with Crippen molar-refractivity contribution in [3.05, 3.63) is 29.6 Å². The van der Waals surface area contributed by atoms with Gasteiger partial charge in [0.05, 0.1) is 11.2 Å². The molecule has 0 fully saturated rings. The van der Waals surface area contributed by atoms with Crippen LogP contribution < -0.4 is 11.1 Å². The number of anilines is 1. The SMILES string of the molecule is CC(C)CC(=O)Nc1cc(C2(C)CCSC(N)=N2)ccc1F. The van der Waals surface area contributed by atoms with Crippen molar-refractivity contribution in [2.24, 2.45) is 16.6 Å². The average molecular weight is 323 g/mol.